The molecule has 5 rings (SSSR count). The van der Waals surface area contributed by atoms with Crippen molar-refractivity contribution in [3.8, 4) is 11.3 Å². The zero-order chi connectivity index (χ0) is 22.1. The average molecular weight is 505 g/mol. The summed E-state index contributed by atoms with van der Waals surface area (Å²) in [6.45, 7) is 2.72. The fourth-order valence-corrected chi connectivity index (χ4v) is 5.04. The van der Waals surface area contributed by atoms with Crippen molar-refractivity contribution in [3.05, 3.63) is 106 Å². The fraction of sp³-hybridized carbons (Fsp3) is 0.160. The average Bonchev–Trinajstić information content (AvgIpc) is 3.40. The summed E-state index contributed by atoms with van der Waals surface area (Å²) >= 11 is 9.42. The Morgan fingerprint density at radius 1 is 1.06 bits per heavy atom. The highest BCUT2D eigenvalue weighted by Crippen LogP contribution is 2.42. The molecule has 2 atom stereocenters. The lowest BCUT2D eigenvalue weighted by atomic mass is 10.0. The molecule has 0 amide bonds. The molecule has 0 bridgehead atoms. The second kappa shape index (κ2) is 8.84. The van der Waals surface area contributed by atoms with E-state index in [4.69, 9.17) is 16.6 Å². The Labute approximate surface area is 200 Å². The van der Waals surface area contributed by atoms with Crippen LogP contribution < -0.4 is 5.32 Å². The van der Waals surface area contributed by atoms with Gasteiger partial charge in [-0.3, -0.25) is 9.97 Å². The molecule has 1 saturated heterocycles. The van der Waals surface area contributed by atoms with E-state index in [1.807, 2.05) is 42.5 Å². The summed E-state index contributed by atoms with van der Waals surface area (Å²) in [5.74, 6) is 1.65. The molecule has 0 spiro atoms. The Morgan fingerprint density at radius 3 is 2.66 bits per heavy atom. The van der Waals surface area contributed by atoms with Crippen LogP contribution in [0.5, 0.6) is 0 Å². The highest BCUT2D eigenvalue weighted by Gasteiger charge is 2.41. The Hall–Kier alpha value is -3.03. The van der Waals surface area contributed by atoms with Gasteiger partial charge in [0.15, 0.2) is 5.11 Å². The number of aromatic nitrogens is 2. The van der Waals surface area contributed by atoms with Gasteiger partial charge in [-0.1, -0.05) is 28.1 Å². The smallest absolute Gasteiger partial charge is 0.170 e. The first-order valence-corrected chi connectivity index (χ1v) is 11.5. The summed E-state index contributed by atoms with van der Waals surface area (Å²) in [5, 5.41) is 4.14. The number of hydrogen-bond donors (Lipinski definition) is 1. The SMILES string of the molecule is Cc1ccc(-c2ccc([C@@H]3[C@H](c4ccccn4)NC(=S)N3Cc3ccncc3)o2)c(Br)c1. The minimum absolute atomic E-state index is 0.119. The van der Waals surface area contributed by atoms with Gasteiger partial charge in [-0.05, 0) is 78.8 Å². The zero-order valence-corrected chi connectivity index (χ0v) is 19.8. The van der Waals surface area contributed by atoms with Gasteiger partial charge >= 0.3 is 0 Å². The van der Waals surface area contributed by atoms with Crippen molar-refractivity contribution in [2.75, 3.05) is 0 Å². The summed E-state index contributed by atoms with van der Waals surface area (Å²) in [5.41, 5.74) is 4.26. The van der Waals surface area contributed by atoms with Crippen molar-refractivity contribution in [3.63, 3.8) is 0 Å². The molecule has 32 heavy (non-hydrogen) atoms. The number of pyridine rings is 2. The van der Waals surface area contributed by atoms with Crippen LogP contribution in [0.1, 0.15) is 34.7 Å². The van der Waals surface area contributed by atoms with Gasteiger partial charge in [0.1, 0.15) is 17.6 Å². The number of furan rings is 1. The van der Waals surface area contributed by atoms with Crippen LogP contribution in [0.25, 0.3) is 11.3 Å². The van der Waals surface area contributed by atoms with E-state index in [1.54, 1.807) is 18.6 Å². The number of thiocarbonyl (C=S) groups is 1. The van der Waals surface area contributed by atoms with E-state index in [1.165, 1.54) is 5.56 Å². The molecule has 3 aromatic heterocycles. The lowest BCUT2D eigenvalue weighted by molar-refractivity contribution is 0.269. The Bertz CT molecular complexity index is 1250. The molecular formula is C25H21BrN4OS. The third kappa shape index (κ3) is 4.06. The van der Waals surface area contributed by atoms with E-state index in [0.29, 0.717) is 11.7 Å². The predicted octanol–water partition coefficient (Wildman–Crippen LogP) is 5.98. The molecule has 0 radical (unpaired) electrons. The van der Waals surface area contributed by atoms with Crippen molar-refractivity contribution in [1.29, 1.82) is 0 Å². The van der Waals surface area contributed by atoms with Crippen molar-refractivity contribution in [1.82, 2.24) is 20.2 Å². The zero-order valence-electron chi connectivity index (χ0n) is 17.4. The van der Waals surface area contributed by atoms with Crippen molar-refractivity contribution >= 4 is 33.3 Å². The monoisotopic (exact) mass is 504 g/mol. The van der Waals surface area contributed by atoms with Crippen LogP contribution in [0.2, 0.25) is 0 Å². The minimum Gasteiger partial charge on any atom is -0.459 e. The molecule has 0 unspecified atom stereocenters. The van der Waals surface area contributed by atoms with E-state index in [9.17, 15) is 0 Å². The topological polar surface area (TPSA) is 54.2 Å². The van der Waals surface area contributed by atoms with Crippen molar-refractivity contribution in [2.45, 2.75) is 25.6 Å². The van der Waals surface area contributed by atoms with Gasteiger partial charge in [0.25, 0.3) is 0 Å². The number of rotatable bonds is 5. The number of hydrogen-bond acceptors (Lipinski definition) is 4. The van der Waals surface area contributed by atoms with Crippen LogP contribution >= 0.6 is 28.1 Å². The van der Waals surface area contributed by atoms with Gasteiger partial charge in [0, 0.05) is 35.2 Å². The van der Waals surface area contributed by atoms with Crippen LogP contribution in [0.4, 0.5) is 0 Å². The van der Waals surface area contributed by atoms with Gasteiger partial charge in [-0.15, -0.1) is 0 Å². The lowest BCUT2D eigenvalue weighted by Crippen LogP contribution is -2.29. The van der Waals surface area contributed by atoms with E-state index >= 15 is 0 Å². The van der Waals surface area contributed by atoms with Crippen LogP contribution in [0.3, 0.4) is 0 Å². The number of nitrogens with one attached hydrogen (secondary N) is 1. The summed E-state index contributed by atoms with van der Waals surface area (Å²) in [7, 11) is 0. The first-order chi connectivity index (χ1) is 15.6. The molecule has 1 aliphatic rings. The van der Waals surface area contributed by atoms with Crippen molar-refractivity contribution in [2.24, 2.45) is 0 Å². The Balaban J connectivity index is 1.55. The summed E-state index contributed by atoms with van der Waals surface area (Å²) in [6, 6.07) is 20.0. The number of aryl methyl sites for hydroxylation is 1. The summed E-state index contributed by atoms with van der Waals surface area (Å²) < 4.78 is 7.44. The van der Waals surface area contributed by atoms with Crippen molar-refractivity contribution < 1.29 is 4.42 Å². The molecule has 1 N–H and O–H groups in total. The molecular weight excluding hydrogens is 484 g/mol. The predicted molar refractivity (Wildman–Crippen MR) is 132 cm³/mol. The number of nitrogens with zero attached hydrogens (tertiary/aromatic N) is 3. The molecule has 1 aromatic carbocycles. The Kier molecular flexibility index (Phi) is 5.76. The van der Waals surface area contributed by atoms with E-state index < -0.39 is 0 Å². The quantitative estimate of drug-likeness (QED) is 0.337. The maximum absolute atomic E-state index is 6.43. The first-order valence-electron chi connectivity index (χ1n) is 10.3. The number of halogens is 1. The summed E-state index contributed by atoms with van der Waals surface area (Å²) in [6.07, 6.45) is 5.40. The first kappa shape index (κ1) is 20.8. The molecule has 1 aliphatic heterocycles. The lowest BCUT2D eigenvalue weighted by Gasteiger charge is -2.26. The molecule has 7 heteroatoms. The third-order valence-corrected chi connectivity index (χ3v) is 6.62. The van der Waals surface area contributed by atoms with Gasteiger partial charge in [0.05, 0.1) is 11.7 Å². The van der Waals surface area contributed by atoms with E-state index in [-0.39, 0.29) is 12.1 Å². The molecule has 160 valence electrons. The molecule has 0 aliphatic carbocycles. The van der Waals surface area contributed by atoms with E-state index in [0.717, 1.165) is 32.8 Å². The molecule has 4 heterocycles. The second-order valence-electron chi connectivity index (χ2n) is 7.80. The number of benzene rings is 1. The highest BCUT2D eigenvalue weighted by atomic mass is 79.9. The van der Waals surface area contributed by atoms with Gasteiger partial charge in [-0.2, -0.15) is 0 Å². The maximum atomic E-state index is 6.43. The second-order valence-corrected chi connectivity index (χ2v) is 9.04. The summed E-state index contributed by atoms with van der Waals surface area (Å²) in [4.78, 5) is 10.9. The highest BCUT2D eigenvalue weighted by molar-refractivity contribution is 9.10. The van der Waals surface area contributed by atoms with Gasteiger partial charge in [-0.25, -0.2) is 0 Å². The van der Waals surface area contributed by atoms with Gasteiger partial charge in [0.2, 0.25) is 0 Å². The molecule has 4 aromatic rings. The normalized spacial score (nSPS) is 18.1. The van der Waals surface area contributed by atoms with Crippen LogP contribution in [-0.2, 0) is 6.54 Å². The standard InChI is InChI=1S/C25H21BrN4OS/c1-16-5-6-18(19(26)14-16)21-7-8-22(31-21)24-23(20-4-2-3-11-28-20)29-25(32)30(24)15-17-9-12-27-13-10-17/h2-14,23-24H,15H2,1H3,(H,29,32)/t23-,24+/m0/s1. The molecule has 0 saturated carbocycles. The van der Waals surface area contributed by atoms with Crippen LogP contribution in [-0.4, -0.2) is 20.0 Å². The maximum Gasteiger partial charge on any atom is 0.170 e. The molecule has 5 nitrogen and oxygen atoms in total. The van der Waals surface area contributed by atoms with E-state index in [2.05, 4.69) is 61.2 Å². The fourth-order valence-electron chi connectivity index (χ4n) is 4.05. The largest absolute Gasteiger partial charge is 0.459 e. The van der Waals surface area contributed by atoms with Crippen LogP contribution in [0.15, 0.2) is 88.1 Å². The molecule has 1 fully saturated rings. The minimum atomic E-state index is -0.136. The third-order valence-electron chi connectivity index (χ3n) is 5.61. The van der Waals surface area contributed by atoms with Crippen LogP contribution in [0, 0.1) is 6.92 Å². The van der Waals surface area contributed by atoms with Gasteiger partial charge < -0.3 is 14.6 Å². The Morgan fingerprint density at radius 2 is 1.91 bits per heavy atom.